The van der Waals surface area contributed by atoms with Crippen molar-refractivity contribution in [2.45, 2.75) is 12.1 Å². The maximum atomic E-state index is 13.3. The fourth-order valence-electron chi connectivity index (χ4n) is 4.02. The van der Waals surface area contributed by atoms with Gasteiger partial charge in [-0.2, -0.15) is 0 Å². The number of halogens is 2. The van der Waals surface area contributed by atoms with E-state index in [0.29, 0.717) is 15.8 Å². The molecule has 2 unspecified atom stereocenters. The van der Waals surface area contributed by atoms with Crippen LogP contribution in [-0.2, 0) is 4.79 Å². The normalized spacial score (nSPS) is 17.5. The lowest BCUT2D eigenvalue weighted by Gasteiger charge is -2.46. The SMILES string of the molecule is COc1ccc(N2C(=O)C(Oc3ccc(Cl)cc3Cl)C2c2cccc(-n3cccc3)c2)cc1. The monoisotopic (exact) mass is 478 g/mol. The first-order valence-corrected chi connectivity index (χ1v) is 11.1. The highest BCUT2D eigenvalue weighted by molar-refractivity contribution is 6.35. The molecule has 2 heterocycles. The number of carbonyl (C=O) groups is 1. The van der Waals surface area contributed by atoms with Gasteiger partial charge in [0.05, 0.1) is 12.1 Å². The molecule has 0 saturated carbocycles. The Kier molecular flexibility index (Phi) is 5.75. The van der Waals surface area contributed by atoms with Crippen LogP contribution in [0, 0.1) is 0 Å². The quantitative estimate of drug-likeness (QED) is 0.304. The lowest BCUT2D eigenvalue weighted by molar-refractivity contribution is -0.135. The van der Waals surface area contributed by atoms with E-state index in [1.807, 2.05) is 71.6 Å². The van der Waals surface area contributed by atoms with E-state index in [9.17, 15) is 4.79 Å². The number of aromatic nitrogens is 1. The standard InChI is InChI=1S/C26H20Cl2N2O3/c1-32-21-10-8-19(9-11-21)30-24(17-5-4-6-20(15-17)29-13-2-3-14-29)25(26(30)31)33-23-12-7-18(27)16-22(23)28/h2-16,24-25H,1H3. The van der Waals surface area contributed by atoms with Gasteiger partial charge >= 0.3 is 0 Å². The second-order valence-electron chi connectivity index (χ2n) is 7.65. The van der Waals surface area contributed by atoms with Crippen LogP contribution in [0.4, 0.5) is 5.69 Å². The molecule has 0 aliphatic carbocycles. The summed E-state index contributed by atoms with van der Waals surface area (Å²) in [4.78, 5) is 15.0. The molecule has 1 fully saturated rings. The molecular formula is C26H20Cl2N2O3. The Balaban J connectivity index is 1.53. The largest absolute Gasteiger partial charge is 0.497 e. The molecule has 0 N–H and O–H groups in total. The van der Waals surface area contributed by atoms with Crippen LogP contribution in [0.15, 0.2) is 91.3 Å². The van der Waals surface area contributed by atoms with Crippen LogP contribution in [-0.4, -0.2) is 23.7 Å². The molecule has 0 bridgehead atoms. The van der Waals surface area contributed by atoms with Crippen molar-refractivity contribution >= 4 is 34.8 Å². The van der Waals surface area contributed by atoms with Crippen LogP contribution in [0.2, 0.25) is 10.0 Å². The summed E-state index contributed by atoms with van der Waals surface area (Å²) in [5.74, 6) is 0.988. The van der Waals surface area contributed by atoms with Gasteiger partial charge in [0, 0.05) is 28.8 Å². The van der Waals surface area contributed by atoms with Crippen LogP contribution in [0.3, 0.4) is 0 Å². The van der Waals surface area contributed by atoms with Crippen LogP contribution in [0.25, 0.3) is 5.69 Å². The zero-order valence-electron chi connectivity index (χ0n) is 17.7. The van der Waals surface area contributed by atoms with Crippen molar-refractivity contribution in [3.63, 3.8) is 0 Å². The van der Waals surface area contributed by atoms with E-state index in [-0.39, 0.29) is 11.9 Å². The van der Waals surface area contributed by atoms with Crippen molar-refractivity contribution in [3.05, 3.63) is 107 Å². The van der Waals surface area contributed by atoms with Gasteiger partial charge in [-0.05, 0) is 72.3 Å². The molecule has 1 amide bonds. The highest BCUT2D eigenvalue weighted by atomic mass is 35.5. The summed E-state index contributed by atoms with van der Waals surface area (Å²) in [5, 5.41) is 0.862. The molecule has 0 spiro atoms. The number of methoxy groups -OCH3 is 1. The van der Waals surface area contributed by atoms with Gasteiger partial charge in [-0.1, -0.05) is 35.3 Å². The molecule has 3 aromatic carbocycles. The first-order chi connectivity index (χ1) is 16.0. The molecule has 5 rings (SSSR count). The van der Waals surface area contributed by atoms with Crippen LogP contribution < -0.4 is 14.4 Å². The van der Waals surface area contributed by atoms with Gasteiger partial charge in [-0.25, -0.2) is 0 Å². The third kappa shape index (κ3) is 4.06. The van der Waals surface area contributed by atoms with E-state index in [1.165, 1.54) is 0 Å². The van der Waals surface area contributed by atoms with Gasteiger partial charge in [0.15, 0.2) is 0 Å². The van der Waals surface area contributed by atoms with Gasteiger partial charge in [-0.15, -0.1) is 0 Å². The third-order valence-corrected chi connectivity index (χ3v) is 6.19. The minimum Gasteiger partial charge on any atom is -0.497 e. The Morgan fingerprint density at radius 2 is 1.61 bits per heavy atom. The highest BCUT2D eigenvalue weighted by Crippen LogP contribution is 2.43. The number of benzene rings is 3. The number of hydrogen-bond acceptors (Lipinski definition) is 3. The number of anilines is 1. The van der Waals surface area contributed by atoms with Crippen molar-refractivity contribution in [3.8, 4) is 17.2 Å². The van der Waals surface area contributed by atoms with Crippen molar-refractivity contribution in [2.24, 2.45) is 0 Å². The summed E-state index contributed by atoms with van der Waals surface area (Å²) in [6.45, 7) is 0. The lowest BCUT2D eigenvalue weighted by Crippen LogP contribution is -2.61. The van der Waals surface area contributed by atoms with Crippen molar-refractivity contribution in [2.75, 3.05) is 12.0 Å². The number of nitrogens with zero attached hydrogens (tertiary/aromatic N) is 2. The number of amides is 1. The average Bonchev–Trinajstić information content (AvgIpc) is 3.37. The average molecular weight is 479 g/mol. The first-order valence-electron chi connectivity index (χ1n) is 10.4. The molecule has 1 aliphatic heterocycles. The minimum absolute atomic E-state index is 0.150. The Morgan fingerprint density at radius 1 is 0.848 bits per heavy atom. The van der Waals surface area contributed by atoms with E-state index in [1.54, 1.807) is 30.2 Å². The maximum Gasteiger partial charge on any atom is 0.271 e. The summed E-state index contributed by atoms with van der Waals surface area (Å²) >= 11 is 12.3. The van der Waals surface area contributed by atoms with Crippen molar-refractivity contribution < 1.29 is 14.3 Å². The highest BCUT2D eigenvalue weighted by Gasteiger charge is 2.51. The van der Waals surface area contributed by atoms with E-state index in [0.717, 1.165) is 22.7 Å². The molecule has 1 aliphatic rings. The number of β-lactam (4-membered cyclic amide) rings is 1. The summed E-state index contributed by atoms with van der Waals surface area (Å²) in [6, 6.07) is 24.0. The zero-order chi connectivity index (χ0) is 22.9. The molecule has 2 atom stereocenters. The molecule has 1 aromatic heterocycles. The molecule has 5 nitrogen and oxygen atoms in total. The number of rotatable bonds is 6. The zero-order valence-corrected chi connectivity index (χ0v) is 19.2. The third-order valence-electron chi connectivity index (χ3n) is 5.66. The second-order valence-corrected chi connectivity index (χ2v) is 8.49. The first kappa shape index (κ1) is 21.4. The molecule has 1 saturated heterocycles. The predicted octanol–water partition coefficient (Wildman–Crippen LogP) is 6.33. The summed E-state index contributed by atoms with van der Waals surface area (Å²) in [6.07, 6.45) is 3.23. The molecule has 4 aromatic rings. The second kappa shape index (κ2) is 8.85. The van der Waals surface area contributed by atoms with E-state index < -0.39 is 6.10 Å². The summed E-state index contributed by atoms with van der Waals surface area (Å²) in [5.41, 5.74) is 2.71. The van der Waals surface area contributed by atoms with Gasteiger partial charge in [-0.3, -0.25) is 9.69 Å². The number of carbonyl (C=O) groups excluding carboxylic acids is 1. The van der Waals surface area contributed by atoms with Crippen LogP contribution in [0.1, 0.15) is 11.6 Å². The topological polar surface area (TPSA) is 43.7 Å². The molecule has 7 heteroatoms. The van der Waals surface area contributed by atoms with Gasteiger partial charge in [0.1, 0.15) is 17.5 Å². The fourth-order valence-corrected chi connectivity index (χ4v) is 4.47. The Hall–Kier alpha value is -3.41. The van der Waals surface area contributed by atoms with E-state index >= 15 is 0 Å². The van der Waals surface area contributed by atoms with Gasteiger partial charge < -0.3 is 14.0 Å². The maximum absolute atomic E-state index is 13.3. The Labute approximate surface area is 201 Å². The van der Waals surface area contributed by atoms with Gasteiger partial charge in [0.25, 0.3) is 5.91 Å². The van der Waals surface area contributed by atoms with E-state index in [4.69, 9.17) is 32.7 Å². The molecular weight excluding hydrogens is 459 g/mol. The van der Waals surface area contributed by atoms with E-state index in [2.05, 4.69) is 6.07 Å². The predicted molar refractivity (Wildman–Crippen MR) is 130 cm³/mol. The van der Waals surface area contributed by atoms with Crippen LogP contribution in [0.5, 0.6) is 11.5 Å². The Morgan fingerprint density at radius 3 is 2.30 bits per heavy atom. The fraction of sp³-hybridized carbons (Fsp3) is 0.115. The number of hydrogen-bond donors (Lipinski definition) is 0. The number of ether oxygens (including phenoxy) is 2. The lowest BCUT2D eigenvalue weighted by atomic mass is 9.89. The summed E-state index contributed by atoms with van der Waals surface area (Å²) < 4.78 is 13.4. The molecule has 33 heavy (non-hydrogen) atoms. The van der Waals surface area contributed by atoms with Crippen molar-refractivity contribution in [1.82, 2.24) is 4.57 Å². The molecule has 166 valence electrons. The summed E-state index contributed by atoms with van der Waals surface area (Å²) in [7, 11) is 1.61. The smallest absolute Gasteiger partial charge is 0.271 e. The minimum atomic E-state index is -0.731. The molecule has 0 radical (unpaired) electrons. The van der Waals surface area contributed by atoms with Crippen LogP contribution >= 0.6 is 23.2 Å². The Bertz CT molecular complexity index is 1290. The van der Waals surface area contributed by atoms with Gasteiger partial charge in [0.2, 0.25) is 6.10 Å². The van der Waals surface area contributed by atoms with Crippen molar-refractivity contribution in [1.29, 1.82) is 0 Å².